The molecule has 0 saturated carbocycles. The number of hydrogen-bond acceptors (Lipinski definition) is 7. The number of carbonyl (C=O) groups is 1. The number of aromatic nitrogens is 3. The largest absolute Gasteiger partial charge is 0.867 e. The second kappa shape index (κ2) is 7.51. The molecule has 9 nitrogen and oxygen atoms in total. The number of aliphatic hydroxyl groups is 2. The molecule has 0 fully saturated rings. The Morgan fingerprint density at radius 1 is 1.17 bits per heavy atom. The van der Waals surface area contributed by atoms with E-state index in [1.165, 1.54) is 18.4 Å². The Kier molecular flexibility index (Phi) is 5.36. The summed E-state index contributed by atoms with van der Waals surface area (Å²) in [6, 6.07) is 10.7. The van der Waals surface area contributed by atoms with Crippen molar-refractivity contribution in [3.8, 4) is 5.75 Å². The molecule has 30 heavy (non-hydrogen) atoms. The van der Waals surface area contributed by atoms with Crippen molar-refractivity contribution in [3.05, 3.63) is 60.2 Å². The van der Waals surface area contributed by atoms with Crippen molar-refractivity contribution in [1.82, 2.24) is 4.98 Å². The second-order valence-corrected chi connectivity index (χ2v) is 7.61. The van der Waals surface area contributed by atoms with Gasteiger partial charge in [-0.1, -0.05) is 12.1 Å². The number of aliphatic carboxylic acids is 1. The van der Waals surface area contributed by atoms with Crippen molar-refractivity contribution in [1.29, 1.82) is 0 Å². The monoisotopic (exact) mass is 412 g/mol. The first-order valence-electron chi connectivity index (χ1n) is 9.36. The summed E-state index contributed by atoms with van der Waals surface area (Å²) in [5.41, 5.74) is -1.38. The molecule has 1 aliphatic heterocycles. The molecule has 3 aromatic heterocycles. The highest BCUT2D eigenvalue weighted by Gasteiger charge is 2.57. The van der Waals surface area contributed by atoms with Gasteiger partial charge in [-0.2, -0.15) is 0 Å². The van der Waals surface area contributed by atoms with Crippen molar-refractivity contribution in [2.24, 2.45) is 0 Å². The van der Waals surface area contributed by atoms with Crippen molar-refractivity contribution in [2.45, 2.75) is 45.1 Å². The van der Waals surface area contributed by atoms with Crippen LogP contribution in [-0.4, -0.2) is 32.8 Å². The lowest BCUT2D eigenvalue weighted by Gasteiger charge is -2.43. The number of carboxylic acids is 1. The topological polar surface area (TPSA) is 137 Å². The highest BCUT2D eigenvalue weighted by atomic mass is 16.4. The molecule has 0 aromatic carbocycles. The molecule has 3 unspecified atom stereocenters. The molecule has 3 aromatic rings. The highest BCUT2D eigenvalue weighted by molar-refractivity contribution is 5.81. The number of nitrogens with zero attached hydrogens (tertiary/aromatic N) is 3. The number of pyridine rings is 2. The van der Waals surface area contributed by atoms with Crippen LogP contribution in [0.3, 0.4) is 0 Å². The first kappa shape index (κ1) is 21.4. The normalized spacial score (nSPS) is 24.9. The number of rotatable bonds is 1. The van der Waals surface area contributed by atoms with Gasteiger partial charge in [-0.15, -0.1) is 0 Å². The van der Waals surface area contributed by atoms with E-state index in [9.17, 15) is 25.2 Å². The lowest BCUT2D eigenvalue weighted by molar-refractivity contribution is -0.806. The van der Waals surface area contributed by atoms with E-state index in [-0.39, 0.29) is 5.75 Å². The minimum Gasteiger partial charge on any atom is -0.867 e. The quantitative estimate of drug-likeness (QED) is 0.411. The number of anilines is 1. The fourth-order valence-corrected chi connectivity index (χ4v) is 3.52. The van der Waals surface area contributed by atoms with Crippen molar-refractivity contribution >= 4 is 17.4 Å². The van der Waals surface area contributed by atoms with Gasteiger partial charge in [0, 0.05) is 26.0 Å². The molecular weight excluding hydrogens is 388 g/mol. The van der Waals surface area contributed by atoms with Crippen LogP contribution >= 0.6 is 0 Å². The maximum atomic E-state index is 11.5. The summed E-state index contributed by atoms with van der Waals surface area (Å²) in [5, 5.41) is 45.6. The van der Waals surface area contributed by atoms with Gasteiger partial charge < -0.3 is 25.2 Å². The van der Waals surface area contributed by atoms with Crippen molar-refractivity contribution in [2.75, 3.05) is 5.32 Å². The minimum absolute atomic E-state index is 0.0173. The summed E-state index contributed by atoms with van der Waals surface area (Å²) in [6.07, 6.45) is 1.86. The Morgan fingerprint density at radius 3 is 2.47 bits per heavy atom. The molecule has 0 radical (unpaired) electrons. The zero-order chi connectivity index (χ0) is 22.3. The highest BCUT2D eigenvalue weighted by Crippen LogP contribution is 2.30. The van der Waals surface area contributed by atoms with Crippen LogP contribution in [0.25, 0.3) is 5.65 Å². The summed E-state index contributed by atoms with van der Waals surface area (Å²) < 4.78 is 3.18. The van der Waals surface area contributed by atoms with Gasteiger partial charge in [0.25, 0.3) is 5.82 Å². The summed E-state index contributed by atoms with van der Waals surface area (Å²) >= 11 is 0. The van der Waals surface area contributed by atoms with Gasteiger partial charge >= 0.3 is 5.65 Å². The van der Waals surface area contributed by atoms with Crippen LogP contribution in [0, 0.1) is 13.8 Å². The SMILES string of the molecule is CC1(C(=O)[O-])Nc2cccc[n+]2C(C)(O)C1O.Cc1nc2cccc[n+]2c(C)c1[O-]. The van der Waals surface area contributed by atoms with E-state index in [1.54, 1.807) is 35.7 Å². The molecule has 0 spiro atoms. The second-order valence-electron chi connectivity index (χ2n) is 7.61. The number of aryl methyl sites for hydroxylation is 2. The lowest BCUT2D eigenvalue weighted by Crippen LogP contribution is -2.77. The van der Waals surface area contributed by atoms with Gasteiger partial charge in [0.2, 0.25) is 5.72 Å². The van der Waals surface area contributed by atoms with E-state index in [0.29, 0.717) is 17.2 Å². The molecule has 4 heterocycles. The average Bonchev–Trinajstić information content (AvgIpc) is 2.71. The van der Waals surface area contributed by atoms with Gasteiger partial charge in [-0.05, 0) is 36.7 Å². The molecular formula is C21H24N4O5. The summed E-state index contributed by atoms with van der Waals surface area (Å²) in [6.45, 7) is 6.17. The van der Waals surface area contributed by atoms with Gasteiger partial charge in [0.1, 0.15) is 11.4 Å². The van der Waals surface area contributed by atoms with E-state index in [2.05, 4.69) is 10.3 Å². The van der Waals surface area contributed by atoms with E-state index < -0.39 is 23.3 Å². The van der Waals surface area contributed by atoms with Crippen LogP contribution in [0.1, 0.15) is 25.2 Å². The summed E-state index contributed by atoms with van der Waals surface area (Å²) in [5.74, 6) is -1.06. The van der Waals surface area contributed by atoms with Crippen LogP contribution in [0.2, 0.25) is 0 Å². The number of aliphatic hydroxyl groups excluding tert-OH is 1. The summed E-state index contributed by atoms with van der Waals surface area (Å²) in [4.78, 5) is 15.3. The first-order chi connectivity index (χ1) is 14.0. The van der Waals surface area contributed by atoms with E-state index >= 15 is 0 Å². The Hall–Kier alpha value is -3.30. The molecule has 1 aliphatic rings. The zero-order valence-corrected chi connectivity index (χ0v) is 17.2. The number of carboxylic acid groups (broad SMARTS) is 1. The van der Waals surface area contributed by atoms with Crippen molar-refractivity contribution < 1.29 is 34.2 Å². The Labute approximate surface area is 173 Å². The fraction of sp³-hybridized carbons (Fsp3) is 0.333. The van der Waals surface area contributed by atoms with E-state index in [4.69, 9.17) is 0 Å². The molecule has 0 saturated heterocycles. The maximum Gasteiger partial charge on any atom is 0.327 e. The number of fused-ring (bicyclic) bond motifs is 2. The Morgan fingerprint density at radius 2 is 1.80 bits per heavy atom. The Balaban J connectivity index is 0.000000177. The third-order valence-corrected chi connectivity index (χ3v) is 5.36. The van der Waals surface area contributed by atoms with Crippen LogP contribution in [0.15, 0.2) is 48.8 Å². The molecule has 3 atom stereocenters. The number of nitrogens with one attached hydrogen (secondary N) is 1. The minimum atomic E-state index is -1.75. The molecule has 0 aliphatic carbocycles. The molecule has 3 N–H and O–H groups in total. The van der Waals surface area contributed by atoms with Gasteiger partial charge in [-0.3, -0.25) is 5.32 Å². The third kappa shape index (κ3) is 3.42. The van der Waals surface area contributed by atoms with Crippen LogP contribution in [0.4, 0.5) is 5.82 Å². The molecule has 9 heteroatoms. The zero-order valence-electron chi connectivity index (χ0n) is 17.2. The number of hydrogen-bond donors (Lipinski definition) is 3. The van der Waals surface area contributed by atoms with Crippen LogP contribution in [0.5, 0.6) is 5.75 Å². The van der Waals surface area contributed by atoms with E-state index in [0.717, 1.165) is 5.65 Å². The average molecular weight is 412 g/mol. The van der Waals surface area contributed by atoms with Crippen LogP contribution < -0.4 is 24.5 Å². The summed E-state index contributed by atoms with van der Waals surface area (Å²) in [7, 11) is 0. The molecule has 4 rings (SSSR count). The maximum absolute atomic E-state index is 11.5. The molecule has 0 bridgehead atoms. The third-order valence-electron chi connectivity index (χ3n) is 5.36. The van der Waals surface area contributed by atoms with Gasteiger partial charge in [-0.25, -0.2) is 8.97 Å². The van der Waals surface area contributed by atoms with Gasteiger partial charge in [0.15, 0.2) is 11.6 Å². The standard InChI is InChI=1S/C11H14N2O4.C10H10N2O/c1-10(9(15)16)8(14)11(2,17)13-6-4-3-5-7(13)12-10;1-7-10(13)8(2)12-6-4-3-5-9(12)11-7/h3-6,8,14,17H,1-2H3,(H,15,16);3-6H,1-2H3. The predicted octanol–water partition coefficient (Wildman–Crippen LogP) is -1.56. The van der Waals surface area contributed by atoms with Gasteiger partial charge in [0.05, 0.1) is 18.4 Å². The first-order valence-corrected chi connectivity index (χ1v) is 9.36. The molecule has 0 amide bonds. The Bertz CT molecular complexity index is 1120. The fourth-order valence-electron chi connectivity index (χ4n) is 3.52. The van der Waals surface area contributed by atoms with Crippen molar-refractivity contribution in [3.63, 3.8) is 0 Å². The predicted molar refractivity (Wildman–Crippen MR) is 102 cm³/mol. The lowest BCUT2D eigenvalue weighted by atomic mass is 9.85. The number of carbonyl (C=O) groups excluding carboxylic acids is 1. The molecule has 158 valence electrons. The van der Waals surface area contributed by atoms with E-state index in [1.807, 2.05) is 31.3 Å². The van der Waals surface area contributed by atoms with Crippen LogP contribution in [-0.2, 0) is 10.5 Å². The smallest absolute Gasteiger partial charge is 0.327 e.